The van der Waals surface area contributed by atoms with Gasteiger partial charge in [0.1, 0.15) is 0 Å². The number of hydrogen-bond donors (Lipinski definition) is 0. The summed E-state index contributed by atoms with van der Waals surface area (Å²) in [7, 11) is 0. The topological polar surface area (TPSA) is 11.3 Å². The van der Waals surface area contributed by atoms with Gasteiger partial charge in [-0.3, -0.25) is 0 Å². The van der Waals surface area contributed by atoms with Gasteiger partial charge in [0.2, 0.25) is 0 Å². The highest BCUT2D eigenvalue weighted by atomic mass is 79.9. The first-order valence-electron chi connectivity index (χ1n) is 11.6. The van der Waals surface area contributed by atoms with Crippen LogP contribution in [0.15, 0.2) is 92.2 Å². The quantitative estimate of drug-likeness (QED) is 0.220. The van der Waals surface area contributed by atoms with E-state index in [9.17, 15) is 0 Å². The summed E-state index contributed by atoms with van der Waals surface area (Å²) in [6.07, 6.45) is 0. The largest absolute Gasteiger partial charge is 0.361 e. The Balaban J connectivity index is 1.97. The molecule has 0 aliphatic rings. The van der Waals surface area contributed by atoms with Crippen LogP contribution < -0.4 is 0 Å². The minimum Gasteiger partial charge on any atom is -0.207 e. The molecule has 0 N–H and O–H groups in total. The third-order valence-electron chi connectivity index (χ3n) is 6.05. The van der Waals surface area contributed by atoms with Gasteiger partial charge >= 0.3 is 11.5 Å². The van der Waals surface area contributed by atoms with E-state index in [-0.39, 0.29) is 10.8 Å². The van der Waals surface area contributed by atoms with Gasteiger partial charge in [0.25, 0.3) is 0 Å². The zero-order valence-electron chi connectivity index (χ0n) is 20.7. The van der Waals surface area contributed by atoms with Crippen LogP contribution in [0.25, 0.3) is 33.8 Å². The minimum absolute atomic E-state index is 0.0538. The lowest BCUT2D eigenvalue weighted by atomic mass is 9.79. The van der Waals surface area contributed by atoms with Crippen LogP contribution in [0.2, 0.25) is 0 Å². The molecule has 1 heterocycles. The van der Waals surface area contributed by atoms with Crippen molar-refractivity contribution in [3.05, 3.63) is 98.9 Å². The summed E-state index contributed by atoms with van der Waals surface area (Å²) in [5.74, 6) is 1.70. The standard InChI is InChI=1S/C31H31Br2O/c1-30(2,3)24-15-22(16-25(19-24)31(4,5)6)23-17-28(20-7-11-26(32)12-8-20)34-29(18-23)21-9-13-27(33)14-10-21/h7-19H,1-6H3/q+1. The summed E-state index contributed by atoms with van der Waals surface area (Å²) in [5, 5.41) is 0. The molecule has 0 saturated heterocycles. The first-order chi connectivity index (χ1) is 15.9. The molecule has 0 amide bonds. The highest BCUT2D eigenvalue weighted by molar-refractivity contribution is 9.10. The highest BCUT2D eigenvalue weighted by Crippen LogP contribution is 2.38. The van der Waals surface area contributed by atoms with Gasteiger partial charge in [0, 0.05) is 14.5 Å². The smallest absolute Gasteiger partial charge is 0.207 e. The van der Waals surface area contributed by atoms with E-state index in [1.54, 1.807) is 0 Å². The van der Waals surface area contributed by atoms with Crippen LogP contribution >= 0.6 is 31.9 Å². The van der Waals surface area contributed by atoms with Crippen LogP contribution in [0.3, 0.4) is 0 Å². The van der Waals surface area contributed by atoms with E-state index in [0.29, 0.717) is 0 Å². The molecule has 3 heteroatoms. The summed E-state index contributed by atoms with van der Waals surface area (Å²) in [6.45, 7) is 13.7. The molecule has 0 bridgehead atoms. The van der Waals surface area contributed by atoms with Crippen LogP contribution in [0.5, 0.6) is 0 Å². The summed E-state index contributed by atoms with van der Waals surface area (Å²) < 4.78 is 8.55. The second-order valence-corrected chi connectivity index (χ2v) is 12.7. The van der Waals surface area contributed by atoms with Gasteiger partial charge in [-0.25, -0.2) is 4.42 Å². The van der Waals surface area contributed by atoms with Gasteiger partial charge in [-0.2, -0.15) is 0 Å². The van der Waals surface area contributed by atoms with E-state index in [2.05, 4.69) is 152 Å². The average Bonchev–Trinajstić information content (AvgIpc) is 2.78. The van der Waals surface area contributed by atoms with Crippen molar-refractivity contribution in [3.8, 4) is 33.8 Å². The first kappa shape index (κ1) is 24.9. The van der Waals surface area contributed by atoms with Crippen molar-refractivity contribution < 1.29 is 4.42 Å². The van der Waals surface area contributed by atoms with Crippen molar-refractivity contribution in [2.75, 3.05) is 0 Å². The number of hydrogen-bond acceptors (Lipinski definition) is 0. The Bertz CT molecular complexity index is 1210. The van der Waals surface area contributed by atoms with Gasteiger partial charge in [0.05, 0.1) is 23.3 Å². The van der Waals surface area contributed by atoms with E-state index in [1.807, 2.05) is 0 Å². The first-order valence-corrected chi connectivity index (χ1v) is 13.2. The number of benzene rings is 3. The van der Waals surface area contributed by atoms with Crippen molar-refractivity contribution in [2.45, 2.75) is 52.4 Å². The SMILES string of the molecule is CC(C)(C)c1cc(-c2cc(-c3ccc(Br)cc3)[o+]c(-c3ccc(Br)cc3)c2)cc(C(C)(C)C)c1. The summed E-state index contributed by atoms with van der Waals surface area (Å²) in [6, 6.07) is 27.9. The van der Waals surface area contributed by atoms with Crippen LogP contribution in [-0.4, -0.2) is 0 Å². The molecule has 0 aliphatic carbocycles. The van der Waals surface area contributed by atoms with Crippen molar-refractivity contribution in [3.63, 3.8) is 0 Å². The Labute approximate surface area is 220 Å². The van der Waals surface area contributed by atoms with Gasteiger partial charge in [-0.05, 0) is 76.1 Å². The van der Waals surface area contributed by atoms with Crippen molar-refractivity contribution >= 4 is 31.9 Å². The van der Waals surface area contributed by atoms with Gasteiger partial charge < -0.3 is 0 Å². The molecule has 174 valence electrons. The molecule has 0 spiro atoms. The third-order valence-corrected chi connectivity index (χ3v) is 7.11. The van der Waals surface area contributed by atoms with E-state index >= 15 is 0 Å². The lowest BCUT2D eigenvalue weighted by Gasteiger charge is -2.26. The van der Waals surface area contributed by atoms with Crippen LogP contribution in [0.1, 0.15) is 52.7 Å². The monoisotopic (exact) mass is 577 g/mol. The minimum atomic E-state index is 0.0538. The van der Waals surface area contributed by atoms with Crippen molar-refractivity contribution in [2.24, 2.45) is 0 Å². The molecule has 0 unspecified atom stereocenters. The Hall–Kier alpha value is -2.23. The fourth-order valence-electron chi connectivity index (χ4n) is 3.84. The molecular formula is C31H31Br2O+. The lowest BCUT2D eigenvalue weighted by molar-refractivity contribution is 0.569. The van der Waals surface area contributed by atoms with Gasteiger partial charge in [-0.1, -0.05) is 91.6 Å². The molecule has 1 nitrogen and oxygen atoms in total. The van der Waals surface area contributed by atoms with Crippen molar-refractivity contribution in [1.82, 2.24) is 0 Å². The maximum Gasteiger partial charge on any atom is 0.361 e. The Morgan fingerprint density at radius 1 is 0.471 bits per heavy atom. The second kappa shape index (κ2) is 9.43. The van der Waals surface area contributed by atoms with Gasteiger partial charge in [-0.15, -0.1) is 0 Å². The number of halogens is 2. The van der Waals surface area contributed by atoms with Crippen LogP contribution in [0, 0.1) is 0 Å². The molecule has 0 atom stereocenters. The molecule has 1 aromatic heterocycles. The fraction of sp³-hybridized carbons (Fsp3) is 0.258. The highest BCUT2D eigenvalue weighted by Gasteiger charge is 2.24. The summed E-state index contributed by atoms with van der Waals surface area (Å²) >= 11 is 7.09. The molecule has 4 aromatic rings. The van der Waals surface area contributed by atoms with E-state index in [1.165, 1.54) is 16.7 Å². The zero-order valence-corrected chi connectivity index (χ0v) is 23.8. The molecule has 0 radical (unpaired) electrons. The summed E-state index contributed by atoms with van der Waals surface area (Å²) in [5.41, 5.74) is 7.25. The van der Waals surface area contributed by atoms with E-state index in [0.717, 1.165) is 37.2 Å². The average molecular weight is 579 g/mol. The Kier molecular flexibility index (Phi) is 6.90. The molecular weight excluding hydrogens is 548 g/mol. The van der Waals surface area contributed by atoms with Crippen LogP contribution in [-0.2, 0) is 10.8 Å². The molecule has 0 aliphatic heterocycles. The Morgan fingerprint density at radius 2 is 0.824 bits per heavy atom. The molecule has 3 aromatic carbocycles. The Morgan fingerprint density at radius 3 is 1.18 bits per heavy atom. The third kappa shape index (κ3) is 5.70. The normalized spacial score (nSPS) is 12.1. The molecule has 0 fully saturated rings. The number of rotatable bonds is 3. The molecule has 0 saturated carbocycles. The van der Waals surface area contributed by atoms with E-state index in [4.69, 9.17) is 4.42 Å². The predicted octanol–water partition coefficient (Wildman–Crippen LogP) is 10.7. The molecule has 34 heavy (non-hydrogen) atoms. The molecule has 4 rings (SSSR count). The van der Waals surface area contributed by atoms with Crippen molar-refractivity contribution in [1.29, 1.82) is 0 Å². The predicted molar refractivity (Wildman–Crippen MR) is 152 cm³/mol. The van der Waals surface area contributed by atoms with Crippen LogP contribution in [0.4, 0.5) is 0 Å². The zero-order chi connectivity index (χ0) is 24.7. The maximum absolute atomic E-state index is 6.46. The second-order valence-electron chi connectivity index (χ2n) is 10.9. The summed E-state index contributed by atoms with van der Waals surface area (Å²) in [4.78, 5) is 0. The van der Waals surface area contributed by atoms with E-state index < -0.39 is 0 Å². The lowest BCUT2D eigenvalue weighted by Crippen LogP contribution is -2.16. The maximum atomic E-state index is 6.46. The fourth-order valence-corrected chi connectivity index (χ4v) is 4.37. The van der Waals surface area contributed by atoms with Gasteiger partial charge in [0.15, 0.2) is 0 Å².